The number of hydrogen-bond acceptors (Lipinski definition) is 4. The normalized spacial score (nSPS) is 12.8. The van der Waals surface area contributed by atoms with Crippen LogP contribution in [0, 0.1) is 0 Å². The van der Waals surface area contributed by atoms with E-state index in [4.69, 9.17) is 19.4 Å². The van der Waals surface area contributed by atoms with Crippen molar-refractivity contribution < 1.29 is 18.4 Å². The largest absolute Gasteiger partial charge is 0.488 e. The molecule has 0 spiro atoms. The first-order valence-corrected chi connectivity index (χ1v) is 17.1. The molecule has 50 heavy (non-hydrogen) atoms. The van der Waals surface area contributed by atoms with Gasteiger partial charge in [0.2, 0.25) is 0 Å². The van der Waals surface area contributed by atoms with Gasteiger partial charge in [0.05, 0.1) is 65.1 Å². The number of ether oxygens (including phenoxy) is 2. The van der Waals surface area contributed by atoms with Gasteiger partial charge in [-0.3, -0.25) is 0 Å². The fraction of sp³-hybridized carbons (Fsp3) is 0.238. The molecule has 3 aromatic heterocycles. The minimum absolute atomic E-state index is 0.658. The van der Waals surface area contributed by atoms with Crippen molar-refractivity contribution in [2.45, 2.75) is 0 Å². The van der Waals surface area contributed by atoms with Gasteiger partial charge in [0.15, 0.2) is 0 Å². The molecule has 2 aliphatic heterocycles. The van der Waals surface area contributed by atoms with Crippen LogP contribution in [0.2, 0.25) is 0 Å². The third-order valence-corrected chi connectivity index (χ3v) is 8.75. The number of hydrogen-bond donors (Lipinski definition) is 2. The Balaban J connectivity index is 1.30. The highest BCUT2D eigenvalue weighted by atomic mass is 16.5. The molecule has 8 nitrogen and oxygen atoms in total. The van der Waals surface area contributed by atoms with Gasteiger partial charge >= 0.3 is 0 Å². The summed E-state index contributed by atoms with van der Waals surface area (Å²) in [5.74, 6) is 1.72. The fourth-order valence-corrected chi connectivity index (χ4v) is 5.99. The maximum atomic E-state index is 6.06. The Morgan fingerprint density at radius 3 is 1.34 bits per heavy atom. The second-order valence-electron chi connectivity index (χ2n) is 15.0. The smallest absolute Gasteiger partial charge is 0.137 e. The summed E-state index contributed by atoms with van der Waals surface area (Å²) >= 11 is 0. The molecule has 2 aromatic carbocycles. The molecule has 0 radical (unpaired) electrons. The SMILES string of the molecule is C[N+](C)(C)CCOc1ccc(-c2c3nc(cc4ccc([nH]4)c(-c4ccc(OCC[N+](C)(C)C)cc4)c4ccc(cc5nc2C=C5)[nH]4)C=C3)cc1. The van der Waals surface area contributed by atoms with E-state index in [1.807, 2.05) is 12.1 Å². The maximum Gasteiger partial charge on any atom is 0.137 e. The first kappa shape index (κ1) is 33.1. The van der Waals surface area contributed by atoms with Crippen LogP contribution in [0.3, 0.4) is 0 Å². The van der Waals surface area contributed by atoms with E-state index >= 15 is 0 Å². The highest BCUT2D eigenvalue weighted by Gasteiger charge is 2.15. The number of fused-ring (bicyclic) bond motifs is 8. The summed E-state index contributed by atoms with van der Waals surface area (Å²) in [7, 11) is 13.0. The third kappa shape index (κ3) is 7.88. The number of nitrogens with one attached hydrogen (secondary N) is 2. The lowest BCUT2D eigenvalue weighted by Crippen LogP contribution is -2.38. The van der Waals surface area contributed by atoms with Crippen LogP contribution in [0.4, 0.5) is 0 Å². The molecule has 0 aliphatic carbocycles. The van der Waals surface area contributed by atoms with Gasteiger partial charge in [-0.15, -0.1) is 0 Å². The predicted octanol–water partition coefficient (Wildman–Crippen LogP) is 8.16. The summed E-state index contributed by atoms with van der Waals surface area (Å²) in [6.07, 6.45) is 8.27. The van der Waals surface area contributed by atoms with Crippen molar-refractivity contribution >= 4 is 46.4 Å². The number of aromatic amines is 2. The van der Waals surface area contributed by atoms with Gasteiger partial charge in [0.25, 0.3) is 0 Å². The highest BCUT2D eigenvalue weighted by Crippen LogP contribution is 2.33. The Labute approximate surface area is 294 Å². The number of quaternary nitrogens is 2. The van der Waals surface area contributed by atoms with Crippen molar-refractivity contribution in [2.24, 2.45) is 0 Å². The van der Waals surface area contributed by atoms with E-state index in [0.717, 1.165) is 101 Å². The molecule has 2 aliphatic rings. The van der Waals surface area contributed by atoms with Crippen LogP contribution in [-0.4, -0.2) is 97.5 Å². The van der Waals surface area contributed by atoms with E-state index in [1.165, 1.54) is 0 Å². The molecule has 0 amide bonds. The van der Waals surface area contributed by atoms with Crippen molar-refractivity contribution in [3.8, 4) is 33.8 Å². The molecule has 2 N–H and O–H groups in total. The zero-order valence-corrected chi connectivity index (χ0v) is 29.8. The lowest BCUT2D eigenvalue weighted by molar-refractivity contribution is -0.870. The first-order valence-electron chi connectivity index (χ1n) is 17.1. The van der Waals surface area contributed by atoms with Crippen LogP contribution in [-0.2, 0) is 0 Å². The molecule has 0 saturated heterocycles. The average molecular weight is 667 g/mol. The summed E-state index contributed by atoms with van der Waals surface area (Å²) < 4.78 is 13.8. The number of likely N-dealkylation sites (N-methyl/N-ethyl adjacent to an activating group) is 2. The summed E-state index contributed by atoms with van der Waals surface area (Å²) in [6.45, 7) is 3.18. The standard InChI is InChI=1S/C42H46N6O2/c1-47(2,3)23-25-49-35-15-7-29(8-16-35)41-37-19-11-31(43-37)27-33-13-21-39(45-33)42(30-9-17-36(18-10-30)50-26-24-48(4,5)6)40-22-14-34(46-40)28-32-12-20-38(41)44-32/h7-22,27-28,43-44H,23-26H2,1-6H3/q+2. The molecule has 8 heteroatoms. The minimum atomic E-state index is 0.658. The summed E-state index contributed by atoms with van der Waals surface area (Å²) in [6, 6.07) is 29.3. The monoisotopic (exact) mass is 666 g/mol. The van der Waals surface area contributed by atoms with Gasteiger partial charge in [0.1, 0.15) is 37.8 Å². The second-order valence-corrected chi connectivity index (χ2v) is 15.0. The van der Waals surface area contributed by atoms with E-state index < -0.39 is 0 Å². The van der Waals surface area contributed by atoms with Gasteiger partial charge in [-0.1, -0.05) is 24.3 Å². The van der Waals surface area contributed by atoms with Crippen molar-refractivity contribution in [3.05, 3.63) is 108 Å². The second kappa shape index (κ2) is 13.5. The van der Waals surface area contributed by atoms with Gasteiger partial charge in [-0.2, -0.15) is 0 Å². The van der Waals surface area contributed by atoms with E-state index in [9.17, 15) is 0 Å². The number of benzene rings is 2. The lowest BCUT2D eigenvalue weighted by Gasteiger charge is -2.23. The van der Waals surface area contributed by atoms with Gasteiger partial charge in [-0.25, -0.2) is 9.97 Å². The fourth-order valence-electron chi connectivity index (χ4n) is 5.99. The molecule has 5 heterocycles. The lowest BCUT2D eigenvalue weighted by atomic mass is 10.0. The molecule has 7 rings (SSSR count). The highest BCUT2D eigenvalue weighted by molar-refractivity contribution is 5.94. The molecular weight excluding hydrogens is 621 g/mol. The van der Waals surface area contributed by atoms with E-state index in [1.54, 1.807) is 0 Å². The van der Waals surface area contributed by atoms with Crippen LogP contribution in [0.5, 0.6) is 11.5 Å². The zero-order valence-electron chi connectivity index (χ0n) is 29.8. The van der Waals surface area contributed by atoms with Gasteiger partial charge in [0, 0.05) is 33.2 Å². The van der Waals surface area contributed by atoms with Crippen LogP contribution >= 0.6 is 0 Å². The van der Waals surface area contributed by atoms with Crippen molar-refractivity contribution in [1.29, 1.82) is 0 Å². The molecule has 0 saturated carbocycles. The maximum absolute atomic E-state index is 6.06. The third-order valence-electron chi connectivity index (χ3n) is 8.75. The van der Waals surface area contributed by atoms with Gasteiger partial charge < -0.3 is 28.4 Å². The average Bonchev–Trinajstić information content (AvgIpc) is 3.88. The first-order chi connectivity index (χ1) is 24.0. The Hall–Kier alpha value is -5.44. The molecule has 0 atom stereocenters. The van der Waals surface area contributed by atoms with Crippen LogP contribution < -0.4 is 9.47 Å². The summed E-state index contributed by atoms with van der Waals surface area (Å²) in [5, 5.41) is 0. The Morgan fingerprint density at radius 2 is 0.920 bits per heavy atom. The van der Waals surface area contributed by atoms with E-state index in [2.05, 4.69) is 149 Å². The Bertz CT molecular complexity index is 2130. The van der Waals surface area contributed by atoms with Crippen molar-refractivity contribution in [2.75, 3.05) is 68.6 Å². The molecule has 8 bridgehead atoms. The zero-order chi connectivity index (χ0) is 34.9. The number of rotatable bonds is 10. The van der Waals surface area contributed by atoms with Crippen LogP contribution in [0.1, 0.15) is 22.8 Å². The van der Waals surface area contributed by atoms with Crippen LogP contribution in [0.25, 0.3) is 68.6 Å². The Kier molecular flexibility index (Phi) is 8.90. The Morgan fingerprint density at radius 1 is 0.500 bits per heavy atom. The molecule has 0 unspecified atom stereocenters. The number of aromatic nitrogens is 4. The minimum Gasteiger partial charge on any atom is -0.488 e. The number of nitrogens with zero attached hydrogens (tertiary/aromatic N) is 4. The van der Waals surface area contributed by atoms with Gasteiger partial charge in [-0.05, 0) is 96.1 Å². The molecule has 254 valence electrons. The summed E-state index contributed by atoms with van der Waals surface area (Å²) in [4.78, 5) is 17.5. The number of H-pyrrole nitrogens is 2. The molecular formula is C42H46N6O2+2. The molecule has 5 aromatic rings. The van der Waals surface area contributed by atoms with E-state index in [0.29, 0.717) is 13.2 Å². The van der Waals surface area contributed by atoms with Crippen molar-refractivity contribution in [1.82, 2.24) is 19.9 Å². The topological polar surface area (TPSA) is 75.8 Å². The van der Waals surface area contributed by atoms with Crippen molar-refractivity contribution in [3.63, 3.8) is 0 Å². The predicted molar refractivity (Wildman–Crippen MR) is 207 cm³/mol. The quantitative estimate of drug-likeness (QED) is 0.145. The van der Waals surface area contributed by atoms with Crippen LogP contribution in [0.15, 0.2) is 84.9 Å². The van der Waals surface area contributed by atoms with E-state index in [-0.39, 0.29) is 0 Å². The molecule has 0 fully saturated rings. The summed E-state index contributed by atoms with van der Waals surface area (Å²) in [5.41, 5.74) is 11.6.